The second-order valence-electron chi connectivity index (χ2n) is 4.98. The molecule has 0 unspecified atom stereocenters. The number of halogens is 2. The summed E-state index contributed by atoms with van der Waals surface area (Å²) in [5.74, 6) is 0.135. The van der Waals surface area contributed by atoms with E-state index in [1.807, 2.05) is 29.2 Å². The molecule has 1 fully saturated rings. The molecule has 0 saturated carbocycles. The normalized spacial score (nSPS) is 15.6. The summed E-state index contributed by atoms with van der Waals surface area (Å²) in [5.41, 5.74) is 6.25. The Bertz CT molecular complexity index is 451. The Morgan fingerprint density at radius 2 is 2.00 bits per heavy atom. The number of carbonyl (C=O) groups is 1. The maximum Gasteiger partial charge on any atom is 0.254 e. The van der Waals surface area contributed by atoms with Gasteiger partial charge in [0.25, 0.3) is 5.91 Å². The quantitative estimate of drug-likeness (QED) is 0.584. The van der Waals surface area contributed by atoms with Crippen LogP contribution in [0.3, 0.4) is 0 Å². The van der Waals surface area contributed by atoms with Gasteiger partial charge in [-0.25, -0.2) is 0 Å². The predicted octanol–water partition coefficient (Wildman–Crippen LogP) is 2.68. The number of hydrogen-bond donors (Lipinski definition) is 1. The molecule has 2 N–H and O–H groups in total. The Morgan fingerprint density at radius 1 is 1.33 bits per heavy atom. The number of hydrogen-bond acceptors (Lipinski definition) is 3. The van der Waals surface area contributed by atoms with Crippen LogP contribution in [-0.4, -0.2) is 43.2 Å². The summed E-state index contributed by atoms with van der Waals surface area (Å²) < 4.78 is 6.77. The SMILES string of the molecule is Cl.NCCCOC1CCN(C(=O)c2ccccc2I)CC1. The standard InChI is InChI=1S/C15H21IN2O2.ClH/c16-14-5-2-1-4-13(14)15(19)18-9-6-12(7-10-18)20-11-3-8-17;/h1-2,4-5,12H,3,6-11,17H2;1H. The largest absolute Gasteiger partial charge is 0.378 e. The zero-order valence-corrected chi connectivity index (χ0v) is 14.9. The van der Waals surface area contributed by atoms with Crippen LogP contribution in [-0.2, 0) is 4.74 Å². The summed E-state index contributed by atoms with van der Waals surface area (Å²) in [5, 5.41) is 0. The van der Waals surface area contributed by atoms with Crippen LogP contribution in [0, 0.1) is 3.57 Å². The molecule has 1 saturated heterocycles. The molecule has 1 aliphatic rings. The van der Waals surface area contributed by atoms with E-state index in [0.29, 0.717) is 6.54 Å². The van der Waals surface area contributed by atoms with E-state index in [2.05, 4.69) is 22.6 Å². The molecule has 1 amide bonds. The molecule has 21 heavy (non-hydrogen) atoms. The molecular formula is C15H22ClIN2O2. The lowest BCUT2D eigenvalue weighted by Gasteiger charge is -2.32. The molecule has 1 aliphatic heterocycles. The first-order valence-electron chi connectivity index (χ1n) is 7.08. The number of carbonyl (C=O) groups excluding carboxylic acids is 1. The third-order valence-corrected chi connectivity index (χ3v) is 4.48. The van der Waals surface area contributed by atoms with Gasteiger partial charge in [-0.15, -0.1) is 12.4 Å². The van der Waals surface area contributed by atoms with Crippen molar-refractivity contribution in [2.75, 3.05) is 26.2 Å². The Balaban J connectivity index is 0.00000220. The molecule has 0 aromatic heterocycles. The summed E-state index contributed by atoms with van der Waals surface area (Å²) in [6, 6.07) is 7.73. The minimum atomic E-state index is 0. The number of ether oxygens (including phenoxy) is 1. The molecule has 4 nitrogen and oxygen atoms in total. The first kappa shape index (κ1) is 18.7. The molecule has 0 aliphatic carbocycles. The molecule has 0 bridgehead atoms. The fourth-order valence-corrected chi connectivity index (χ4v) is 2.98. The van der Waals surface area contributed by atoms with Crippen molar-refractivity contribution in [3.05, 3.63) is 33.4 Å². The van der Waals surface area contributed by atoms with E-state index in [0.717, 1.165) is 48.1 Å². The fourth-order valence-electron chi connectivity index (χ4n) is 2.36. The van der Waals surface area contributed by atoms with Gasteiger partial charge in [-0.3, -0.25) is 4.79 Å². The van der Waals surface area contributed by atoms with Crippen molar-refractivity contribution < 1.29 is 9.53 Å². The Hall–Kier alpha value is -0.370. The minimum Gasteiger partial charge on any atom is -0.378 e. The van der Waals surface area contributed by atoms with Gasteiger partial charge in [-0.05, 0) is 60.5 Å². The van der Waals surface area contributed by atoms with Crippen molar-refractivity contribution in [3.8, 4) is 0 Å². The lowest BCUT2D eigenvalue weighted by Crippen LogP contribution is -2.41. The van der Waals surface area contributed by atoms with Crippen LogP contribution in [0.2, 0.25) is 0 Å². The topological polar surface area (TPSA) is 55.6 Å². The maximum atomic E-state index is 12.5. The highest BCUT2D eigenvalue weighted by Crippen LogP contribution is 2.19. The van der Waals surface area contributed by atoms with Crippen LogP contribution in [0.25, 0.3) is 0 Å². The number of likely N-dealkylation sites (tertiary alicyclic amines) is 1. The zero-order valence-electron chi connectivity index (χ0n) is 12.0. The Kier molecular flexibility index (Phi) is 8.55. The molecule has 1 aromatic carbocycles. The van der Waals surface area contributed by atoms with Gasteiger partial charge in [0, 0.05) is 23.3 Å². The second kappa shape index (κ2) is 9.61. The van der Waals surface area contributed by atoms with Gasteiger partial charge in [-0.2, -0.15) is 0 Å². The van der Waals surface area contributed by atoms with E-state index in [1.54, 1.807) is 0 Å². The van der Waals surface area contributed by atoms with Crippen LogP contribution in [0.1, 0.15) is 29.6 Å². The van der Waals surface area contributed by atoms with Crippen molar-refractivity contribution >= 4 is 40.9 Å². The summed E-state index contributed by atoms with van der Waals surface area (Å²) in [7, 11) is 0. The predicted molar refractivity (Wildman–Crippen MR) is 95.0 cm³/mol. The van der Waals surface area contributed by atoms with Gasteiger partial charge in [0.15, 0.2) is 0 Å². The van der Waals surface area contributed by atoms with Gasteiger partial charge in [0.05, 0.1) is 11.7 Å². The molecule has 1 aromatic rings. The van der Waals surface area contributed by atoms with Crippen LogP contribution >= 0.6 is 35.0 Å². The molecular weight excluding hydrogens is 403 g/mol. The summed E-state index contributed by atoms with van der Waals surface area (Å²) in [6.07, 6.45) is 3.02. The number of nitrogens with two attached hydrogens (primary N) is 1. The lowest BCUT2D eigenvalue weighted by atomic mass is 10.1. The van der Waals surface area contributed by atoms with E-state index in [4.69, 9.17) is 10.5 Å². The van der Waals surface area contributed by atoms with Gasteiger partial charge in [0.2, 0.25) is 0 Å². The van der Waals surface area contributed by atoms with Crippen LogP contribution in [0.5, 0.6) is 0 Å². The third kappa shape index (κ3) is 5.39. The summed E-state index contributed by atoms with van der Waals surface area (Å²) >= 11 is 2.21. The second-order valence-corrected chi connectivity index (χ2v) is 6.15. The highest BCUT2D eigenvalue weighted by molar-refractivity contribution is 14.1. The molecule has 0 atom stereocenters. The van der Waals surface area contributed by atoms with Gasteiger partial charge in [0.1, 0.15) is 0 Å². The average Bonchev–Trinajstić information content (AvgIpc) is 2.48. The molecule has 0 spiro atoms. The van der Waals surface area contributed by atoms with E-state index in [-0.39, 0.29) is 24.4 Å². The van der Waals surface area contributed by atoms with Crippen LogP contribution in [0.15, 0.2) is 24.3 Å². The number of benzene rings is 1. The number of rotatable bonds is 5. The zero-order chi connectivity index (χ0) is 14.4. The summed E-state index contributed by atoms with van der Waals surface area (Å²) in [4.78, 5) is 14.4. The molecule has 0 radical (unpaired) electrons. The van der Waals surface area contributed by atoms with E-state index >= 15 is 0 Å². The number of nitrogens with zero attached hydrogens (tertiary/aromatic N) is 1. The molecule has 118 valence electrons. The smallest absolute Gasteiger partial charge is 0.254 e. The maximum absolute atomic E-state index is 12.5. The van der Waals surface area contributed by atoms with Crippen LogP contribution < -0.4 is 5.73 Å². The van der Waals surface area contributed by atoms with Crippen molar-refractivity contribution in [1.82, 2.24) is 4.90 Å². The number of amides is 1. The van der Waals surface area contributed by atoms with E-state index in [1.165, 1.54) is 0 Å². The molecule has 2 rings (SSSR count). The van der Waals surface area contributed by atoms with Crippen molar-refractivity contribution in [3.63, 3.8) is 0 Å². The van der Waals surface area contributed by atoms with E-state index < -0.39 is 0 Å². The monoisotopic (exact) mass is 424 g/mol. The summed E-state index contributed by atoms with van der Waals surface area (Å²) in [6.45, 7) is 2.95. The van der Waals surface area contributed by atoms with Crippen molar-refractivity contribution in [2.24, 2.45) is 5.73 Å². The third-order valence-electron chi connectivity index (χ3n) is 3.54. The minimum absolute atomic E-state index is 0. The highest BCUT2D eigenvalue weighted by atomic mass is 127. The molecule has 1 heterocycles. The van der Waals surface area contributed by atoms with Gasteiger partial charge in [-0.1, -0.05) is 12.1 Å². The van der Waals surface area contributed by atoms with Crippen molar-refractivity contribution in [1.29, 1.82) is 0 Å². The Labute approximate surface area is 145 Å². The average molecular weight is 425 g/mol. The first-order valence-corrected chi connectivity index (χ1v) is 8.15. The lowest BCUT2D eigenvalue weighted by molar-refractivity contribution is 0.00842. The van der Waals surface area contributed by atoms with E-state index in [9.17, 15) is 4.79 Å². The number of piperidine rings is 1. The fraction of sp³-hybridized carbons (Fsp3) is 0.533. The van der Waals surface area contributed by atoms with Gasteiger partial charge >= 0.3 is 0 Å². The van der Waals surface area contributed by atoms with Crippen molar-refractivity contribution in [2.45, 2.75) is 25.4 Å². The van der Waals surface area contributed by atoms with Gasteiger partial charge < -0.3 is 15.4 Å². The molecule has 6 heteroatoms. The van der Waals surface area contributed by atoms with Crippen LogP contribution in [0.4, 0.5) is 0 Å². The first-order chi connectivity index (χ1) is 9.72. The highest BCUT2D eigenvalue weighted by Gasteiger charge is 2.24. The Morgan fingerprint density at radius 3 is 2.62 bits per heavy atom.